The van der Waals surface area contributed by atoms with Crippen molar-refractivity contribution < 1.29 is 4.74 Å². The Kier molecular flexibility index (Phi) is 5.86. The summed E-state index contributed by atoms with van der Waals surface area (Å²) in [6.45, 7) is 3.55. The van der Waals surface area contributed by atoms with Crippen molar-refractivity contribution in [3.63, 3.8) is 0 Å². The standard InChI is InChI=1S/C15H16Br2N2O/c1-2-6-18-12-5-7-19-13(9-12)10-20-15-4-3-11(16)8-14(15)17/h3-5,7-9H,2,6,10H2,1H3,(H,18,19). The Labute approximate surface area is 136 Å². The highest BCUT2D eigenvalue weighted by Gasteiger charge is 2.03. The van der Waals surface area contributed by atoms with Crippen LogP contribution in [0.25, 0.3) is 0 Å². The Balaban J connectivity index is 1.99. The van der Waals surface area contributed by atoms with Crippen LogP contribution in [-0.2, 0) is 6.61 Å². The third kappa shape index (κ3) is 4.49. The molecule has 2 aromatic rings. The molecule has 0 atom stereocenters. The molecule has 0 fully saturated rings. The molecule has 0 aliphatic carbocycles. The molecule has 106 valence electrons. The molecule has 0 unspecified atom stereocenters. The molecule has 5 heteroatoms. The van der Waals surface area contributed by atoms with E-state index in [1.165, 1.54) is 0 Å². The van der Waals surface area contributed by atoms with Crippen LogP contribution in [0.5, 0.6) is 5.75 Å². The molecule has 0 bridgehead atoms. The van der Waals surface area contributed by atoms with E-state index in [0.29, 0.717) is 6.61 Å². The van der Waals surface area contributed by atoms with Crippen molar-refractivity contribution in [1.29, 1.82) is 0 Å². The van der Waals surface area contributed by atoms with E-state index in [-0.39, 0.29) is 0 Å². The van der Waals surface area contributed by atoms with Gasteiger partial charge in [0.15, 0.2) is 0 Å². The number of ether oxygens (including phenoxy) is 1. The van der Waals surface area contributed by atoms with Crippen molar-refractivity contribution in [2.24, 2.45) is 0 Å². The van der Waals surface area contributed by atoms with Crippen LogP contribution >= 0.6 is 31.9 Å². The van der Waals surface area contributed by atoms with Crippen molar-refractivity contribution in [2.75, 3.05) is 11.9 Å². The zero-order valence-corrected chi connectivity index (χ0v) is 14.4. The maximum absolute atomic E-state index is 5.78. The highest BCUT2D eigenvalue weighted by molar-refractivity contribution is 9.11. The largest absolute Gasteiger partial charge is 0.486 e. The summed E-state index contributed by atoms with van der Waals surface area (Å²) in [7, 11) is 0. The summed E-state index contributed by atoms with van der Waals surface area (Å²) in [5, 5.41) is 3.34. The topological polar surface area (TPSA) is 34.2 Å². The normalized spacial score (nSPS) is 10.3. The minimum Gasteiger partial charge on any atom is -0.486 e. The minimum absolute atomic E-state index is 0.446. The van der Waals surface area contributed by atoms with E-state index >= 15 is 0 Å². The quantitative estimate of drug-likeness (QED) is 0.741. The first-order chi connectivity index (χ1) is 9.69. The van der Waals surface area contributed by atoms with Crippen LogP contribution in [0.3, 0.4) is 0 Å². The molecule has 0 amide bonds. The maximum Gasteiger partial charge on any atom is 0.134 e. The molecule has 1 aromatic heterocycles. The number of nitrogens with one attached hydrogen (secondary N) is 1. The highest BCUT2D eigenvalue weighted by Crippen LogP contribution is 2.28. The van der Waals surface area contributed by atoms with E-state index in [1.807, 2.05) is 30.3 Å². The smallest absolute Gasteiger partial charge is 0.134 e. The fourth-order valence-electron chi connectivity index (χ4n) is 1.68. The maximum atomic E-state index is 5.78. The second kappa shape index (κ2) is 7.64. The Bertz CT molecular complexity index is 576. The number of benzene rings is 1. The number of anilines is 1. The van der Waals surface area contributed by atoms with Gasteiger partial charge in [0.05, 0.1) is 10.2 Å². The van der Waals surface area contributed by atoms with Gasteiger partial charge in [0.1, 0.15) is 12.4 Å². The van der Waals surface area contributed by atoms with Gasteiger partial charge in [0.25, 0.3) is 0 Å². The van der Waals surface area contributed by atoms with Crippen LogP contribution in [-0.4, -0.2) is 11.5 Å². The first-order valence-corrected chi connectivity index (χ1v) is 8.04. The summed E-state index contributed by atoms with van der Waals surface area (Å²) in [6, 6.07) is 9.82. The Morgan fingerprint density at radius 3 is 2.80 bits per heavy atom. The lowest BCUT2D eigenvalue weighted by Crippen LogP contribution is -2.03. The number of nitrogens with zero attached hydrogens (tertiary/aromatic N) is 1. The summed E-state index contributed by atoms with van der Waals surface area (Å²) < 4.78 is 7.72. The van der Waals surface area contributed by atoms with Crippen molar-refractivity contribution in [1.82, 2.24) is 4.98 Å². The highest BCUT2D eigenvalue weighted by atomic mass is 79.9. The van der Waals surface area contributed by atoms with Crippen LogP contribution < -0.4 is 10.1 Å². The fourth-order valence-corrected chi connectivity index (χ4v) is 2.84. The number of hydrogen-bond acceptors (Lipinski definition) is 3. The first kappa shape index (κ1) is 15.3. The lowest BCUT2D eigenvalue weighted by atomic mass is 10.3. The van der Waals surface area contributed by atoms with Gasteiger partial charge in [-0.3, -0.25) is 4.98 Å². The SMILES string of the molecule is CCCNc1ccnc(COc2ccc(Br)cc2Br)c1. The molecule has 20 heavy (non-hydrogen) atoms. The van der Waals surface area contributed by atoms with E-state index in [9.17, 15) is 0 Å². The number of pyridine rings is 1. The first-order valence-electron chi connectivity index (χ1n) is 6.45. The van der Waals surface area contributed by atoms with E-state index in [4.69, 9.17) is 4.74 Å². The number of halogens is 2. The predicted molar refractivity (Wildman–Crippen MR) is 89.2 cm³/mol. The summed E-state index contributed by atoms with van der Waals surface area (Å²) in [5.74, 6) is 0.807. The zero-order valence-electron chi connectivity index (χ0n) is 11.2. The summed E-state index contributed by atoms with van der Waals surface area (Å²) in [5.41, 5.74) is 1.98. The van der Waals surface area contributed by atoms with Crippen LogP contribution in [0, 0.1) is 0 Å². The zero-order chi connectivity index (χ0) is 14.4. The second-order valence-electron chi connectivity index (χ2n) is 4.33. The van der Waals surface area contributed by atoms with Crippen LogP contribution in [0.4, 0.5) is 5.69 Å². The number of aromatic nitrogens is 1. The van der Waals surface area contributed by atoms with Crippen LogP contribution in [0.2, 0.25) is 0 Å². The molecule has 1 heterocycles. The molecule has 0 saturated heterocycles. The summed E-state index contributed by atoms with van der Waals surface area (Å²) in [6.07, 6.45) is 2.90. The van der Waals surface area contributed by atoms with Crippen molar-refractivity contribution in [3.05, 3.63) is 51.2 Å². The third-order valence-corrected chi connectivity index (χ3v) is 3.78. The monoisotopic (exact) mass is 398 g/mol. The average Bonchev–Trinajstić information content (AvgIpc) is 2.45. The van der Waals surface area contributed by atoms with Gasteiger partial charge < -0.3 is 10.1 Å². The minimum atomic E-state index is 0.446. The summed E-state index contributed by atoms with van der Waals surface area (Å²) in [4.78, 5) is 4.32. The lowest BCUT2D eigenvalue weighted by molar-refractivity contribution is 0.299. The van der Waals surface area contributed by atoms with Crippen molar-refractivity contribution in [3.8, 4) is 5.75 Å². The lowest BCUT2D eigenvalue weighted by Gasteiger charge is -2.10. The van der Waals surface area contributed by atoms with E-state index < -0.39 is 0 Å². The molecule has 1 aromatic carbocycles. The molecule has 0 radical (unpaired) electrons. The van der Waals surface area contributed by atoms with E-state index in [2.05, 4.69) is 49.1 Å². The average molecular weight is 400 g/mol. The molecular weight excluding hydrogens is 384 g/mol. The Morgan fingerprint density at radius 2 is 2.05 bits per heavy atom. The molecule has 0 saturated carbocycles. The van der Waals surface area contributed by atoms with E-state index in [0.717, 1.165) is 39.0 Å². The summed E-state index contributed by atoms with van der Waals surface area (Å²) >= 11 is 6.90. The number of rotatable bonds is 6. The van der Waals surface area contributed by atoms with E-state index in [1.54, 1.807) is 6.20 Å². The van der Waals surface area contributed by atoms with Crippen LogP contribution in [0.15, 0.2) is 45.5 Å². The molecule has 0 aliphatic heterocycles. The van der Waals surface area contributed by atoms with Gasteiger partial charge in [-0.25, -0.2) is 0 Å². The molecule has 2 rings (SSSR count). The Morgan fingerprint density at radius 1 is 1.20 bits per heavy atom. The van der Waals surface area contributed by atoms with Gasteiger partial charge in [-0.15, -0.1) is 0 Å². The van der Waals surface area contributed by atoms with Gasteiger partial charge in [0.2, 0.25) is 0 Å². The predicted octanol–water partition coefficient (Wildman–Crippen LogP) is 5.01. The Hall–Kier alpha value is -1.07. The van der Waals surface area contributed by atoms with Crippen LogP contribution in [0.1, 0.15) is 19.0 Å². The van der Waals surface area contributed by atoms with Gasteiger partial charge in [-0.2, -0.15) is 0 Å². The molecule has 0 spiro atoms. The van der Waals surface area contributed by atoms with Gasteiger partial charge in [-0.1, -0.05) is 22.9 Å². The third-order valence-electron chi connectivity index (χ3n) is 2.67. The van der Waals surface area contributed by atoms with Gasteiger partial charge >= 0.3 is 0 Å². The molecule has 3 nitrogen and oxygen atoms in total. The molecule has 0 aliphatic rings. The van der Waals surface area contributed by atoms with Crippen molar-refractivity contribution in [2.45, 2.75) is 20.0 Å². The molecule has 1 N–H and O–H groups in total. The fraction of sp³-hybridized carbons (Fsp3) is 0.267. The van der Waals surface area contributed by atoms with Gasteiger partial charge in [0, 0.05) is 22.9 Å². The van der Waals surface area contributed by atoms with Gasteiger partial charge in [-0.05, 0) is 52.7 Å². The second-order valence-corrected chi connectivity index (χ2v) is 6.10. The molecular formula is C15H16Br2N2O. The number of hydrogen-bond donors (Lipinski definition) is 1. The van der Waals surface area contributed by atoms with Crippen molar-refractivity contribution >= 4 is 37.5 Å².